The zero-order valence-electron chi connectivity index (χ0n) is 16.9. The Hall–Kier alpha value is -2.57. The number of primary amides is 1. The van der Waals surface area contributed by atoms with Gasteiger partial charge in [0.25, 0.3) is 5.91 Å². The molecule has 29 heavy (non-hydrogen) atoms. The van der Waals surface area contributed by atoms with Crippen LogP contribution in [0.25, 0.3) is 0 Å². The van der Waals surface area contributed by atoms with Gasteiger partial charge in [0.2, 0.25) is 11.8 Å². The topological polar surface area (TPSA) is 102 Å². The third kappa shape index (κ3) is 4.09. The minimum absolute atomic E-state index is 0.00642. The molecule has 2 aliphatic carbocycles. The Morgan fingerprint density at radius 3 is 2.48 bits per heavy atom. The second-order valence-electron chi connectivity index (χ2n) is 8.88. The molecule has 1 saturated heterocycles. The highest BCUT2D eigenvalue weighted by molar-refractivity contribution is 5.97. The molecule has 0 spiro atoms. The van der Waals surface area contributed by atoms with Gasteiger partial charge in [-0.1, -0.05) is 13.3 Å². The molecule has 3 atom stereocenters. The van der Waals surface area contributed by atoms with E-state index in [-0.39, 0.29) is 35.9 Å². The van der Waals surface area contributed by atoms with E-state index in [0.717, 1.165) is 25.0 Å². The van der Waals surface area contributed by atoms with Crippen molar-refractivity contribution in [1.82, 2.24) is 10.2 Å². The summed E-state index contributed by atoms with van der Waals surface area (Å²) < 4.78 is 5.98. The Morgan fingerprint density at radius 1 is 1.14 bits per heavy atom. The van der Waals surface area contributed by atoms with Crippen LogP contribution >= 0.6 is 0 Å². The summed E-state index contributed by atoms with van der Waals surface area (Å²) in [6.07, 6.45) is 7.58. The SMILES string of the molecule is CC12CC(C(N)=O)N(C(=O)CNC(=O)c3ccc(OC4CCCCC4)cc3)C1C2. The van der Waals surface area contributed by atoms with Crippen molar-refractivity contribution in [3.63, 3.8) is 0 Å². The van der Waals surface area contributed by atoms with Crippen LogP contribution in [-0.4, -0.2) is 47.4 Å². The number of ether oxygens (including phenoxy) is 1. The smallest absolute Gasteiger partial charge is 0.251 e. The zero-order valence-corrected chi connectivity index (χ0v) is 16.9. The number of rotatable bonds is 6. The molecule has 1 aliphatic heterocycles. The monoisotopic (exact) mass is 399 g/mol. The molecule has 1 aromatic carbocycles. The van der Waals surface area contributed by atoms with E-state index in [1.807, 2.05) is 0 Å². The Kier molecular flexibility index (Phi) is 5.23. The molecule has 3 fully saturated rings. The average Bonchev–Trinajstić information content (AvgIpc) is 3.27. The predicted molar refractivity (Wildman–Crippen MR) is 107 cm³/mol. The number of likely N-dealkylation sites (tertiary alicyclic amines) is 1. The predicted octanol–water partition coefficient (Wildman–Crippen LogP) is 1.99. The average molecular weight is 399 g/mol. The van der Waals surface area contributed by atoms with Gasteiger partial charge in [-0.05, 0) is 68.2 Å². The first-order chi connectivity index (χ1) is 13.9. The van der Waals surface area contributed by atoms with Crippen molar-refractivity contribution >= 4 is 17.7 Å². The number of amides is 3. The van der Waals surface area contributed by atoms with Gasteiger partial charge in [-0.15, -0.1) is 0 Å². The summed E-state index contributed by atoms with van der Waals surface area (Å²) >= 11 is 0. The van der Waals surface area contributed by atoms with E-state index in [1.54, 1.807) is 29.2 Å². The van der Waals surface area contributed by atoms with Gasteiger partial charge >= 0.3 is 0 Å². The van der Waals surface area contributed by atoms with Crippen molar-refractivity contribution in [3.8, 4) is 5.75 Å². The fraction of sp³-hybridized carbons (Fsp3) is 0.591. The lowest BCUT2D eigenvalue weighted by Crippen LogP contribution is -2.49. The van der Waals surface area contributed by atoms with E-state index in [2.05, 4.69) is 12.2 Å². The maximum atomic E-state index is 12.6. The lowest BCUT2D eigenvalue weighted by atomic mass is 9.98. The van der Waals surface area contributed by atoms with Crippen LogP contribution in [0.15, 0.2) is 24.3 Å². The van der Waals surface area contributed by atoms with Crippen LogP contribution in [-0.2, 0) is 9.59 Å². The Bertz CT molecular complexity index is 803. The highest BCUT2D eigenvalue weighted by atomic mass is 16.5. The number of carbonyl (C=O) groups is 3. The number of piperidine rings is 1. The molecule has 4 rings (SSSR count). The molecular weight excluding hydrogens is 370 g/mol. The minimum Gasteiger partial charge on any atom is -0.490 e. The third-order valence-corrected chi connectivity index (χ3v) is 6.62. The molecule has 3 N–H and O–H groups in total. The van der Waals surface area contributed by atoms with Crippen LogP contribution in [0.3, 0.4) is 0 Å². The first-order valence-corrected chi connectivity index (χ1v) is 10.5. The largest absolute Gasteiger partial charge is 0.490 e. The standard InChI is InChI=1S/C22H29N3O4/c1-22-11-17(20(23)27)25(18(22)12-22)19(26)13-24-21(28)14-7-9-16(10-8-14)29-15-5-3-2-4-6-15/h7-10,15,17-18H,2-6,11-13H2,1H3,(H2,23,27)(H,24,28). The second-order valence-corrected chi connectivity index (χ2v) is 8.88. The molecule has 2 saturated carbocycles. The molecule has 1 heterocycles. The number of carbonyl (C=O) groups excluding carboxylic acids is 3. The van der Waals surface area contributed by atoms with Gasteiger partial charge in [0.05, 0.1) is 12.6 Å². The van der Waals surface area contributed by atoms with Crippen molar-refractivity contribution in [2.24, 2.45) is 11.1 Å². The van der Waals surface area contributed by atoms with E-state index < -0.39 is 11.9 Å². The van der Waals surface area contributed by atoms with Crippen LogP contribution in [0.4, 0.5) is 0 Å². The highest BCUT2D eigenvalue weighted by Gasteiger charge is 2.63. The summed E-state index contributed by atoms with van der Waals surface area (Å²) in [5.74, 6) is -0.299. The Balaban J connectivity index is 1.30. The molecule has 7 nitrogen and oxygen atoms in total. The molecule has 156 valence electrons. The van der Waals surface area contributed by atoms with Crippen LogP contribution in [0.2, 0.25) is 0 Å². The van der Waals surface area contributed by atoms with Gasteiger partial charge in [0.1, 0.15) is 11.8 Å². The van der Waals surface area contributed by atoms with Crippen LogP contribution < -0.4 is 15.8 Å². The van der Waals surface area contributed by atoms with E-state index in [1.165, 1.54) is 19.3 Å². The summed E-state index contributed by atoms with van der Waals surface area (Å²) in [6, 6.07) is 6.49. The number of nitrogens with two attached hydrogens (primary N) is 1. The van der Waals surface area contributed by atoms with Crippen molar-refractivity contribution in [2.45, 2.75) is 70.1 Å². The van der Waals surface area contributed by atoms with Crippen LogP contribution in [0.1, 0.15) is 62.2 Å². The minimum atomic E-state index is -0.570. The third-order valence-electron chi connectivity index (χ3n) is 6.62. The number of nitrogens with zero attached hydrogens (tertiary/aromatic N) is 1. The van der Waals surface area contributed by atoms with Crippen molar-refractivity contribution < 1.29 is 19.1 Å². The van der Waals surface area contributed by atoms with Crippen molar-refractivity contribution in [1.29, 1.82) is 0 Å². The fourth-order valence-electron chi connectivity index (χ4n) is 4.79. The van der Waals surface area contributed by atoms with Crippen LogP contribution in [0, 0.1) is 5.41 Å². The number of hydrogen-bond donors (Lipinski definition) is 2. The number of nitrogens with one attached hydrogen (secondary N) is 1. The first kappa shape index (κ1) is 19.7. The van der Waals surface area contributed by atoms with Crippen molar-refractivity contribution in [2.75, 3.05) is 6.54 Å². The molecule has 7 heteroatoms. The van der Waals surface area contributed by atoms with E-state index in [4.69, 9.17) is 10.5 Å². The second kappa shape index (κ2) is 7.69. The Labute approximate surface area is 171 Å². The molecular formula is C22H29N3O4. The van der Waals surface area contributed by atoms with E-state index in [9.17, 15) is 14.4 Å². The summed E-state index contributed by atoms with van der Waals surface area (Å²) in [7, 11) is 0. The fourth-order valence-corrected chi connectivity index (χ4v) is 4.79. The van der Waals surface area contributed by atoms with Gasteiger partial charge in [-0.25, -0.2) is 0 Å². The van der Waals surface area contributed by atoms with Gasteiger partial charge in [0.15, 0.2) is 0 Å². The van der Waals surface area contributed by atoms with E-state index >= 15 is 0 Å². The summed E-state index contributed by atoms with van der Waals surface area (Å²) in [5.41, 5.74) is 5.93. The maximum absolute atomic E-state index is 12.6. The quantitative estimate of drug-likeness (QED) is 0.764. The zero-order chi connectivity index (χ0) is 20.6. The van der Waals surface area contributed by atoms with Crippen LogP contribution in [0.5, 0.6) is 5.75 Å². The summed E-state index contributed by atoms with van der Waals surface area (Å²) in [4.78, 5) is 38.3. The highest BCUT2D eigenvalue weighted by Crippen LogP contribution is 2.59. The summed E-state index contributed by atoms with van der Waals surface area (Å²) in [6.45, 7) is 1.92. The lowest BCUT2D eigenvalue weighted by Gasteiger charge is -2.25. The van der Waals surface area contributed by atoms with Gasteiger partial charge in [-0.3, -0.25) is 14.4 Å². The van der Waals surface area contributed by atoms with Gasteiger partial charge in [0, 0.05) is 11.6 Å². The van der Waals surface area contributed by atoms with Gasteiger partial charge < -0.3 is 20.7 Å². The number of hydrogen-bond acceptors (Lipinski definition) is 4. The molecule has 0 bridgehead atoms. The molecule has 3 aliphatic rings. The summed E-state index contributed by atoms with van der Waals surface area (Å²) in [5, 5.41) is 2.66. The Morgan fingerprint density at radius 2 is 1.83 bits per heavy atom. The molecule has 1 aromatic rings. The molecule has 0 radical (unpaired) electrons. The first-order valence-electron chi connectivity index (χ1n) is 10.5. The molecule has 0 aromatic heterocycles. The molecule has 3 unspecified atom stereocenters. The van der Waals surface area contributed by atoms with Crippen molar-refractivity contribution in [3.05, 3.63) is 29.8 Å². The molecule has 3 amide bonds. The lowest BCUT2D eigenvalue weighted by molar-refractivity contribution is -0.137. The maximum Gasteiger partial charge on any atom is 0.251 e. The van der Waals surface area contributed by atoms with E-state index in [0.29, 0.717) is 12.0 Å². The van der Waals surface area contributed by atoms with Gasteiger partial charge in [-0.2, -0.15) is 0 Å². The number of fused-ring (bicyclic) bond motifs is 1. The number of benzene rings is 1. The normalized spacial score (nSPS) is 28.5.